The number of thiazole rings is 1. The number of amides is 1. The second-order valence-corrected chi connectivity index (χ2v) is 6.67. The minimum atomic E-state index is -0.948. The molecule has 0 spiro atoms. The summed E-state index contributed by atoms with van der Waals surface area (Å²) in [6.45, 7) is 4.64. The second-order valence-electron chi connectivity index (χ2n) is 5.67. The summed E-state index contributed by atoms with van der Waals surface area (Å²) in [5, 5.41) is 9.68. The van der Waals surface area contributed by atoms with Crippen molar-refractivity contribution in [2.75, 3.05) is 19.8 Å². The van der Waals surface area contributed by atoms with E-state index in [1.54, 1.807) is 11.8 Å². The van der Waals surface area contributed by atoms with Crippen molar-refractivity contribution in [3.63, 3.8) is 0 Å². The molecular formula is C16H18N2O5S. The van der Waals surface area contributed by atoms with Gasteiger partial charge in [0, 0.05) is 6.54 Å². The second kappa shape index (κ2) is 6.74. The maximum Gasteiger partial charge on any atom is 0.305 e. The smallest absolute Gasteiger partial charge is 0.305 e. The monoisotopic (exact) mass is 350 g/mol. The van der Waals surface area contributed by atoms with E-state index in [0.29, 0.717) is 34.5 Å². The van der Waals surface area contributed by atoms with Gasteiger partial charge in [0.05, 0.1) is 31.4 Å². The molecule has 1 unspecified atom stereocenters. The highest BCUT2D eigenvalue weighted by molar-refractivity contribution is 7.17. The number of aromatic nitrogens is 1. The van der Waals surface area contributed by atoms with Gasteiger partial charge in [-0.15, -0.1) is 11.3 Å². The molecule has 1 aliphatic heterocycles. The molecule has 1 saturated heterocycles. The number of nitrogens with zero attached hydrogens (tertiary/aromatic N) is 2. The quantitative estimate of drug-likeness (QED) is 0.910. The minimum Gasteiger partial charge on any atom is -0.481 e. The number of rotatable bonds is 4. The van der Waals surface area contributed by atoms with Gasteiger partial charge in [0.15, 0.2) is 10.8 Å². The number of hydrogen-bond donors (Lipinski definition) is 1. The number of furan rings is 1. The Balaban J connectivity index is 1.86. The van der Waals surface area contributed by atoms with E-state index in [-0.39, 0.29) is 18.9 Å². The molecular weight excluding hydrogens is 332 g/mol. The Morgan fingerprint density at radius 2 is 2.21 bits per heavy atom. The van der Waals surface area contributed by atoms with E-state index >= 15 is 0 Å². The average Bonchev–Trinajstić information content (AvgIpc) is 3.12. The van der Waals surface area contributed by atoms with Crippen LogP contribution in [0, 0.1) is 13.8 Å². The van der Waals surface area contributed by atoms with E-state index in [1.165, 1.54) is 11.3 Å². The van der Waals surface area contributed by atoms with E-state index in [0.717, 1.165) is 5.76 Å². The average molecular weight is 350 g/mol. The summed E-state index contributed by atoms with van der Waals surface area (Å²) in [7, 11) is 0. The normalized spacial score (nSPS) is 17.9. The van der Waals surface area contributed by atoms with Crippen molar-refractivity contribution in [2.24, 2.45) is 0 Å². The van der Waals surface area contributed by atoms with Crippen LogP contribution in [-0.2, 0) is 9.53 Å². The highest BCUT2D eigenvalue weighted by atomic mass is 32.1. The number of carbonyl (C=O) groups excluding carboxylic acids is 1. The van der Waals surface area contributed by atoms with E-state index in [4.69, 9.17) is 14.3 Å². The van der Waals surface area contributed by atoms with E-state index in [2.05, 4.69) is 4.98 Å². The Bertz CT molecular complexity index is 766. The van der Waals surface area contributed by atoms with Crippen molar-refractivity contribution in [1.82, 2.24) is 9.88 Å². The van der Waals surface area contributed by atoms with E-state index in [9.17, 15) is 9.59 Å². The van der Waals surface area contributed by atoms with Crippen molar-refractivity contribution in [3.05, 3.63) is 28.5 Å². The number of ether oxygens (including phenoxy) is 1. The first-order chi connectivity index (χ1) is 11.5. The predicted molar refractivity (Wildman–Crippen MR) is 87.2 cm³/mol. The summed E-state index contributed by atoms with van der Waals surface area (Å²) in [5.41, 5.74) is 0.620. The molecule has 0 bridgehead atoms. The molecule has 2 aromatic heterocycles. The van der Waals surface area contributed by atoms with Gasteiger partial charge in [-0.3, -0.25) is 9.59 Å². The van der Waals surface area contributed by atoms with Crippen molar-refractivity contribution in [1.29, 1.82) is 0 Å². The molecule has 8 heteroatoms. The largest absolute Gasteiger partial charge is 0.481 e. The molecule has 1 amide bonds. The van der Waals surface area contributed by atoms with Gasteiger partial charge in [-0.2, -0.15) is 0 Å². The highest BCUT2D eigenvalue weighted by Gasteiger charge is 2.32. The number of aliphatic carboxylic acids is 1. The number of aryl methyl sites for hydroxylation is 2. The molecule has 0 aliphatic carbocycles. The zero-order valence-corrected chi connectivity index (χ0v) is 14.3. The number of morpholine rings is 1. The van der Waals surface area contributed by atoms with Gasteiger partial charge < -0.3 is 19.2 Å². The van der Waals surface area contributed by atoms with Gasteiger partial charge in [-0.25, -0.2) is 4.98 Å². The lowest BCUT2D eigenvalue weighted by molar-refractivity contribution is -0.139. The standard InChI is InChI=1S/C16H18N2O5S/c1-9-3-4-12(23-9)15-17-10(2)14(24-15)16(21)18-5-6-22-8-11(18)7-13(19)20/h3-4,11H,5-8H2,1-2H3,(H,19,20). The zero-order chi connectivity index (χ0) is 17.3. The molecule has 1 N–H and O–H groups in total. The number of carbonyl (C=O) groups is 2. The van der Waals surface area contributed by atoms with Gasteiger partial charge in [-0.05, 0) is 26.0 Å². The molecule has 0 aromatic carbocycles. The van der Waals surface area contributed by atoms with Crippen LogP contribution < -0.4 is 0 Å². The van der Waals surface area contributed by atoms with Crippen molar-refractivity contribution in [2.45, 2.75) is 26.3 Å². The van der Waals surface area contributed by atoms with Crippen LogP contribution in [0.2, 0.25) is 0 Å². The summed E-state index contributed by atoms with van der Waals surface area (Å²) >= 11 is 1.26. The number of carboxylic acids is 1. The lowest BCUT2D eigenvalue weighted by Gasteiger charge is -2.34. The Hall–Kier alpha value is -2.19. The number of hydrogen-bond acceptors (Lipinski definition) is 6. The van der Waals surface area contributed by atoms with Crippen LogP contribution >= 0.6 is 11.3 Å². The molecule has 1 fully saturated rings. The zero-order valence-electron chi connectivity index (χ0n) is 13.4. The first-order valence-corrected chi connectivity index (χ1v) is 8.42. The lowest BCUT2D eigenvalue weighted by atomic mass is 10.1. The fourth-order valence-corrected chi connectivity index (χ4v) is 3.66. The van der Waals surface area contributed by atoms with Crippen LogP contribution in [0.3, 0.4) is 0 Å². The van der Waals surface area contributed by atoms with Gasteiger partial charge in [0.1, 0.15) is 10.6 Å². The molecule has 0 saturated carbocycles. The van der Waals surface area contributed by atoms with Crippen molar-refractivity contribution in [3.8, 4) is 10.8 Å². The van der Waals surface area contributed by atoms with Crippen LogP contribution in [0.4, 0.5) is 0 Å². The van der Waals surface area contributed by atoms with Gasteiger partial charge in [0.25, 0.3) is 5.91 Å². The van der Waals surface area contributed by atoms with Crippen molar-refractivity contribution < 1.29 is 23.8 Å². The summed E-state index contributed by atoms with van der Waals surface area (Å²) in [6.07, 6.45) is -0.131. The summed E-state index contributed by atoms with van der Waals surface area (Å²) in [6, 6.07) is 3.21. The molecule has 3 heterocycles. The van der Waals surface area contributed by atoms with Crippen LogP contribution in [0.1, 0.15) is 27.5 Å². The highest BCUT2D eigenvalue weighted by Crippen LogP contribution is 2.30. The number of carboxylic acid groups (broad SMARTS) is 1. The fourth-order valence-electron chi connectivity index (χ4n) is 2.67. The molecule has 1 aliphatic rings. The molecule has 7 nitrogen and oxygen atoms in total. The lowest BCUT2D eigenvalue weighted by Crippen LogP contribution is -2.49. The Morgan fingerprint density at radius 3 is 2.88 bits per heavy atom. The molecule has 2 aromatic rings. The maximum atomic E-state index is 12.9. The van der Waals surface area contributed by atoms with E-state index < -0.39 is 12.0 Å². The third kappa shape index (κ3) is 3.34. The van der Waals surface area contributed by atoms with Crippen LogP contribution in [-0.4, -0.2) is 52.7 Å². The first-order valence-electron chi connectivity index (χ1n) is 7.60. The third-order valence-corrected chi connectivity index (χ3v) is 5.00. The molecule has 24 heavy (non-hydrogen) atoms. The summed E-state index contributed by atoms with van der Waals surface area (Å²) < 4.78 is 10.9. The van der Waals surface area contributed by atoms with Crippen LogP contribution in [0.15, 0.2) is 16.5 Å². The molecule has 128 valence electrons. The van der Waals surface area contributed by atoms with Crippen molar-refractivity contribution >= 4 is 23.2 Å². The van der Waals surface area contributed by atoms with E-state index in [1.807, 2.05) is 19.1 Å². The molecule has 3 rings (SSSR count). The predicted octanol–water partition coefficient (Wildman–Crippen LogP) is 2.34. The maximum absolute atomic E-state index is 12.9. The summed E-state index contributed by atoms with van der Waals surface area (Å²) in [4.78, 5) is 30.4. The van der Waals surface area contributed by atoms with Gasteiger partial charge in [-0.1, -0.05) is 0 Å². The third-order valence-electron chi connectivity index (χ3n) is 3.84. The Kier molecular flexibility index (Phi) is 4.68. The molecule has 1 atom stereocenters. The van der Waals surface area contributed by atoms with Gasteiger partial charge >= 0.3 is 5.97 Å². The Labute approximate surface area is 142 Å². The minimum absolute atomic E-state index is 0.131. The van der Waals surface area contributed by atoms with Crippen LogP contribution in [0.5, 0.6) is 0 Å². The van der Waals surface area contributed by atoms with Crippen LogP contribution in [0.25, 0.3) is 10.8 Å². The SMILES string of the molecule is Cc1ccc(-c2nc(C)c(C(=O)N3CCOCC3CC(=O)O)s2)o1. The topological polar surface area (TPSA) is 92.9 Å². The Morgan fingerprint density at radius 1 is 1.42 bits per heavy atom. The molecule has 0 radical (unpaired) electrons. The summed E-state index contributed by atoms with van der Waals surface area (Å²) in [5.74, 6) is 0.259. The van der Waals surface area contributed by atoms with Gasteiger partial charge in [0.2, 0.25) is 0 Å². The first kappa shape index (κ1) is 16.7. The fraction of sp³-hybridized carbons (Fsp3) is 0.438.